The fraction of sp³-hybridized carbons (Fsp3) is 0.333. The lowest BCUT2D eigenvalue weighted by Crippen LogP contribution is -2.45. The summed E-state index contributed by atoms with van der Waals surface area (Å²) < 4.78 is 42.4. The van der Waals surface area contributed by atoms with Crippen LogP contribution in [0.4, 0.5) is 13.2 Å². The molecule has 174 valence electrons. The minimum atomic E-state index is -4.76. The van der Waals surface area contributed by atoms with Crippen molar-refractivity contribution in [2.75, 3.05) is 13.1 Å². The molecule has 1 amide bonds. The maximum Gasteiger partial charge on any atom is 0.434 e. The summed E-state index contributed by atoms with van der Waals surface area (Å²) in [6.45, 7) is 3.86. The average Bonchev–Trinajstić information content (AvgIpc) is 3.26. The molecule has 1 aliphatic rings. The Labute approximate surface area is 195 Å². The van der Waals surface area contributed by atoms with Crippen LogP contribution in [-0.2, 0) is 19.1 Å². The van der Waals surface area contributed by atoms with Gasteiger partial charge in [0, 0.05) is 30.7 Å². The summed E-state index contributed by atoms with van der Waals surface area (Å²) >= 11 is 5.84. The zero-order valence-corrected chi connectivity index (χ0v) is 18.8. The molecule has 1 unspecified atom stereocenters. The van der Waals surface area contributed by atoms with Gasteiger partial charge in [0.15, 0.2) is 5.69 Å². The Balaban J connectivity index is 1.51. The van der Waals surface area contributed by atoms with Gasteiger partial charge >= 0.3 is 6.18 Å². The number of fused-ring (bicyclic) bond motifs is 1. The van der Waals surface area contributed by atoms with Crippen LogP contribution < -0.4 is 5.32 Å². The van der Waals surface area contributed by atoms with E-state index in [1.807, 2.05) is 19.1 Å². The molecule has 33 heavy (non-hydrogen) atoms. The molecule has 0 bridgehead atoms. The van der Waals surface area contributed by atoms with Crippen LogP contribution in [0.5, 0.6) is 0 Å². The number of rotatable bonds is 6. The van der Waals surface area contributed by atoms with E-state index in [0.29, 0.717) is 5.02 Å². The van der Waals surface area contributed by atoms with Crippen molar-refractivity contribution in [1.82, 2.24) is 20.0 Å². The van der Waals surface area contributed by atoms with Gasteiger partial charge in [-0.2, -0.15) is 18.3 Å². The highest BCUT2D eigenvalue weighted by Crippen LogP contribution is 2.34. The van der Waals surface area contributed by atoms with Crippen molar-refractivity contribution in [2.24, 2.45) is 0 Å². The predicted octanol–water partition coefficient (Wildman–Crippen LogP) is 5.11. The first-order chi connectivity index (χ1) is 15.8. The van der Waals surface area contributed by atoms with E-state index in [1.165, 1.54) is 35.4 Å². The van der Waals surface area contributed by atoms with Gasteiger partial charge in [0.1, 0.15) is 0 Å². The van der Waals surface area contributed by atoms with Crippen LogP contribution in [0, 0.1) is 0 Å². The summed E-state index contributed by atoms with van der Waals surface area (Å²) in [5.74, 6) is -0.793. The van der Waals surface area contributed by atoms with Crippen LogP contribution in [0.15, 0.2) is 54.7 Å². The van der Waals surface area contributed by atoms with Gasteiger partial charge in [-0.1, -0.05) is 42.8 Å². The second-order valence-corrected chi connectivity index (χ2v) is 8.49. The van der Waals surface area contributed by atoms with E-state index in [4.69, 9.17) is 11.6 Å². The highest BCUT2D eigenvalue weighted by molar-refractivity contribution is 6.30. The van der Waals surface area contributed by atoms with E-state index in [0.717, 1.165) is 36.8 Å². The lowest BCUT2D eigenvalue weighted by Gasteiger charge is -2.35. The quantitative estimate of drug-likeness (QED) is 0.538. The number of aromatic nitrogens is 2. The van der Waals surface area contributed by atoms with Gasteiger partial charge in [0.25, 0.3) is 5.91 Å². The van der Waals surface area contributed by atoms with Gasteiger partial charge in [-0.05, 0) is 48.2 Å². The number of nitrogens with zero attached hydrogens (tertiary/aromatic N) is 3. The molecular formula is C24H24ClF3N4O. The van der Waals surface area contributed by atoms with E-state index >= 15 is 0 Å². The summed E-state index contributed by atoms with van der Waals surface area (Å²) in [7, 11) is 0. The van der Waals surface area contributed by atoms with Crippen LogP contribution in [-0.4, -0.2) is 39.7 Å². The Bertz CT molecular complexity index is 1130. The van der Waals surface area contributed by atoms with Crippen LogP contribution in [0.25, 0.3) is 5.69 Å². The van der Waals surface area contributed by atoms with Crippen LogP contribution in [0.3, 0.4) is 0 Å². The molecule has 1 atom stereocenters. The average molecular weight is 477 g/mol. The third-order valence-corrected chi connectivity index (χ3v) is 6.25. The van der Waals surface area contributed by atoms with Gasteiger partial charge in [-0.25, -0.2) is 4.68 Å². The van der Waals surface area contributed by atoms with Crippen molar-refractivity contribution in [3.63, 3.8) is 0 Å². The summed E-state index contributed by atoms with van der Waals surface area (Å²) in [6.07, 6.45) is -2.13. The smallest absolute Gasteiger partial charge is 0.350 e. The molecule has 0 saturated heterocycles. The molecule has 5 nitrogen and oxygen atoms in total. The molecule has 0 saturated carbocycles. The molecular weight excluding hydrogens is 453 g/mol. The lowest BCUT2D eigenvalue weighted by atomic mass is 9.98. The van der Waals surface area contributed by atoms with Crippen molar-refractivity contribution in [3.8, 4) is 5.69 Å². The fourth-order valence-electron chi connectivity index (χ4n) is 4.23. The normalized spacial score (nSPS) is 15.2. The molecule has 2 aromatic carbocycles. The first kappa shape index (κ1) is 23.3. The van der Waals surface area contributed by atoms with Crippen LogP contribution in [0.2, 0.25) is 5.02 Å². The van der Waals surface area contributed by atoms with E-state index in [2.05, 4.69) is 27.4 Å². The zero-order chi connectivity index (χ0) is 23.6. The van der Waals surface area contributed by atoms with Crippen molar-refractivity contribution < 1.29 is 18.0 Å². The van der Waals surface area contributed by atoms with Crippen molar-refractivity contribution >= 4 is 17.5 Å². The highest BCUT2D eigenvalue weighted by Gasteiger charge is 2.40. The van der Waals surface area contributed by atoms with E-state index < -0.39 is 23.3 Å². The minimum absolute atomic E-state index is 0.0166. The fourth-order valence-corrected chi connectivity index (χ4v) is 4.36. The predicted molar refractivity (Wildman–Crippen MR) is 121 cm³/mol. The minimum Gasteiger partial charge on any atom is -0.350 e. The van der Waals surface area contributed by atoms with E-state index in [-0.39, 0.29) is 18.3 Å². The largest absolute Gasteiger partial charge is 0.434 e. The van der Waals surface area contributed by atoms with Gasteiger partial charge < -0.3 is 5.32 Å². The number of amides is 1. The Morgan fingerprint density at radius 1 is 1.15 bits per heavy atom. The first-order valence-electron chi connectivity index (χ1n) is 10.8. The number of alkyl halides is 3. The van der Waals surface area contributed by atoms with Crippen LogP contribution >= 0.6 is 11.6 Å². The zero-order valence-electron chi connectivity index (χ0n) is 18.1. The number of carbonyl (C=O) groups is 1. The molecule has 4 rings (SSSR count). The highest BCUT2D eigenvalue weighted by atomic mass is 35.5. The van der Waals surface area contributed by atoms with Crippen LogP contribution in [0.1, 0.15) is 40.5 Å². The van der Waals surface area contributed by atoms with Crippen molar-refractivity contribution in [1.29, 1.82) is 0 Å². The molecule has 0 aliphatic carbocycles. The maximum atomic E-state index is 13.9. The monoisotopic (exact) mass is 476 g/mol. The molecule has 1 aliphatic heterocycles. The topological polar surface area (TPSA) is 50.2 Å². The number of hydrogen-bond acceptors (Lipinski definition) is 3. The third-order valence-electron chi connectivity index (χ3n) is 6.00. The molecule has 1 aromatic heterocycles. The molecule has 1 N–H and O–H groups in total. The molecule has 9 heteroatoms. The Kier molecular flexibility index (Phi) is 6.76. The van der Waals surface area contributed by atoms with Crippen molar-refractivity contribution in [2.45, 2.75) is 38.5 Å². The number of benzene rings is 2. The van der Waals surface area contributed by atoms with E-state index in [9.17, 15) is 18.0 Å². The molecule has 0 radical (unpaired) electrons. The molecule has 3 aromatic rings. The van der Waals surface area contributed by atoms with Gasteiger partial charge in [0.2, 0.25) is 0 Å². The molecule has 0 fully saturated rings. The van der Waals surface area contributed by atoms with Gasteiger partial charge in [-0.3, -0.25) is 9.69 Å². The second kappa shape index (κ2) is 9.57. The lowest BCUT2D eigenvalue weighted by molar-refractivity contribution is -0.143. The Hall–Kier alpha value is -2.84. The summed E-state index contributed by atoms with van der Waals surface area (Å²) in [5, 5.41) is 6.94. The molecule has 2 heterocycles. The van der Waals surface area contributed by atoms with Gasteiger partial charge in [-0.15, -0.1) is 0 Å². The van der Waals surface area contributed by atoms with Crippen molar-refractivity contribution in [3.05, 3.63) is 82.1 Å². The molecule has 0 spiro atoms. The third kappa shape index (κ3) is 5.07. The summed E-state index contributed by atoms with van der Waals surface area (Å²) in [6, 6.07) is 14.0. The summed E-state index contributed by atoms with van der Waals surface area (Å²) in [5.41, 5.74) is 1.12. The number of nitrogens with one attached hydrogen (secondary N) is 1. The Morgan fingerprint density at radius 2 is 1.85 bits per heavy atom. The second-order valence-electron chi connectivity index (χ2n) is 8.05. The SMILES string of the molecule is CCC(CNC(=O)c1cnn(-c2ccc(Cl)cc2)c1C(F)(F)F)N1CCc2ccccc2C1. The number of hydrogen-bond donors (Lipinski definition) is 1. The Morgan fingerprint density at radius 3 is 2.52 bits per heavy atom. The number of halogens is 4. The summed E-state index contributed by atoms with van der Waals surface area (Å²) in [4.78, 5) is 15.1. The standard InChI is InChI=1S/C24H24ClF3N4O/c1-2-19(31-12-11-16-5-3-4-6-17(16)15-31)13-29-23(33)21-14-30-32(22(21)24(26,27)28)20-9-7-18(25)8-10-20/h3-10,14,19H,2,11-13,15H2,1H3,(H,29,33). The number of carbonyl (C=O) groups excluding carboxylic acids is 1. The van der Waals surface area contributed by atoms with E-state index in [1.54, 1.807) is 0 Å². The maximum absolute atomic E-state index is 13.9. The van der Waals surface area contributed by atoms with Gasteiger partial charge in [0.05, 0.1) is 17.4 Å². The first-order valence-corrected chi connectivity index (χ1v) is 11.2.